The number of hydrogen-bond donors (Lipinski definition) is 0. The minimum atomic E-state index is 1.25. The second-order valence-electron chi connectivity index (χ2n) is 15.5. The van der Waals surface area contributed by atoms with Gasteiger partial charge in [-0.2, -0.15) is 0 Å². The Hall–Kier alpha value is -7.28. The lowest BCUT2D eigenvalue weighted by Crippen LogP contribution is -1.91. The van der Waals surface area contributed by atoms with E-state index in [-0.39, 0.29) is 0 Å². The molecule has 0 radical (unpaired) electrons. The Kier molecular flexibility index (Phi) is 5.98. The van der Waals surface area contributed by atoms with Gasteiger partial charge < -0.3 is 0 Å². The van der Waals surface area contributed by atoms with E-state index in [9.17, 15) is 0 Å². The Balaban J connectivity index is 1.28. The van der Waals surface area contributed by atoms with E-state index in [2.05, 4.69) is 194 Å². The summed E-state index contributed by atoms with van der Waals surface area (Å²) in [4.78, 5) is 0. The number of rotatable bonds is 3. The molecule has 0 fully saturated rings. The quantitative estimate of drug-likeness (QED) is 0.161. The molecule has 0 spiro atoms. The van der Waals surface area contributed by atoms with Crippen molar-refractivity contribution in [3.05, 3.63) is 194 Å². The molecule has 13 aromatic carbocycles. The maximum atomic E-state index is 2.53. The molecule has 13 aromatic rings. The van der Waals surface area contributed by atoms with Crippen LogP contribution in [0.3, 0.4) is 0 Å². The Morgan fingerprint density at radius 2 is 0.732 bits per heavy atom. The van der Waals surface area contributed by atoms with E-state index in [0.29, 0.717) is 0 Å². The Labute approximate surface area is 323 Å². The predicted octanol–water partition coefficient (Wildman–Crippen LogP) is 15.9. The lowest BCUT2D eigenvalue weighted by Gasteiger charge is -2.19. The molecule has 256 valence electrons. The summed E-state index contributed by atoms with van der Waals surface area (Å²) in [5.41, 5.74) is 7.64. The van der Waals surface area contributed by atoms with Crippen molar-refractivity contribution in [1.82, 2.24) is 0 Å². The average molecular weight is 705 g/mol. The first-order valence-corrected chi connectivity index (χ1v) is 19.6. The standard InChI is InChI=1S/C56H32/c1-3-15-34(16-4-1)50-49-32-47-41-22-10-9-21-40(41)42-24-12-26-44(52(42)47)54(49)51(35-17-5-2-6-18-35)56-48-31-37-29-28-36(39-23-11-19-33-14-7-8-20-38(33)39)30-46(37)43-25-13-27-45(53(43)48)55(50)56/h1-32H. The molecule has 0 bridgehead atoms. The molecule has 0 aliphatic carbocycles. The summed E-state index contributed by atoms with van der Waals surface area (Å²) >= 11 is 0. The molecule has 0 aliphatic rings. The summed E-state index contributed by atoms with van der Waals surface area (Å²) in [6.45, 7) is 0. The predicted molar refractivity (Wildman–Crippen MR) is 243 cm³/mol. The third-order valence-corrected chi connectivity index (χ3v) is 12.7. The van der Waals surface area contributed by atoms with Gasteiger partial charge in [0.15, 0.2) is 0 Å². The van der Waals surface area contributed by atoms with Gasteiger partial charge in [-0.25, -0.2) is 0 Å². The zero-order chi connectivity index (χ0) is 36.5. The fraction of sp³-hybridized carbons (Fsp3) is 0. The van der Waals surface area contributed by atoms with Crippen molar-refractivity contribution in [3.8, 4) is 33.4 Å². The second kappa shape index (κ2) is 11.1. The molecule has 56 heavy (non-hydrogen) atoms. The van der Waals surface area contributed by atoms with Crippen LogP contribution in [0.4, 0.5) is 0 Å². The molecule has 0 saturated heterocycles. The zero-order valence-corrected chi connectivity index (χ0v) is 30.5. The molecule has 0 heterocycles. The van der Waals surface area contributed by atoms with Crippen molar-refractivity contribution in [3.63, 3.8) is 0 Å². The van der Waals surface area contributed by atoms with E-state index in [1.807, 2.05) is 0 Å². The molecule has 0 atom stereocenters. The molecule has 0 aliphatic heterocycles. The van der Waals surface area contributed by atoms with Gasteiger partial charge in [-0.1, -0.05) is 176 Å². The van der Waals surface area contributed by atoms with Gasteiger partial charge in [0, 0.05) is 0 Å². The number of benzene rings is 11. The van der Waals surface area contributed by atoms with Gasteiger partial charge >= 0.3 is 0 Å². The molecule has 0 heteroatoms. The van der Waals surface area contributed by atoms with Crippen LogP contribution in [0.25, 0.3) is 130 Å². The van der Waals surface area contributed by atoms with Crippen LogP contribution in [0.1, 0.15) is 0 Å². The van der Waals surface area contributed by atoms with Crippen molar-refractivity contribution in [2.75, 3.05) is 0 Å². The van der Waals surface area contributed by atoms with E-state index in [0.717, 1.165) is 0 Å². The second-order valence-corrected chi connectivity index (χ2v) is 15.5. The molecule has 0 unspecified atom stereocenters. The first kappa shape index (κ1) is 30.1. The summed E-state index contributed by atoms with van der Waals surface area (Å²) in [5, 5.41) is 23.7. The fourth-order valence-electron chi connectivity index (χ4n) is 10.4. The summed E-state index contributed by atoms with van der Waals surface area (Å²) in [6, 6.07) is 72.7. The number of fused-ring (bicyclic) bond motifs is 11. The molecule has 0 amide bonds. The van der Waals surface area contributed by atoms with E-state index in [1.54, 1.807) is 0 Å². The maximum absolute atomic E-state index is 2.53. The third-order valence-electron chi connectivity index (χ3n) is 12.7. The minimum Gasteiger partial charge on any atom is -0.0622 e. The molecule has 13 rings (SSSR count). The lowest BCUT2D eigenvalue weighted by atomic mass is 9.84. The molecular formula is C56H32. The van der Waals surface area contributed by atoms with Crippen molar-refractivity contribution < 1.29 is 0 Å². The Morgan fingerprint density at radius 3 is 1.50 bits per heavy atom. The molecule has 0 nitrogen and oxygen atoms in total. The smallest absolute Gasteiger partial charge is 0.000697 e. The first-order chi connectivity index (χ1) is 27.8. The van der Waals surface area contributed by atoms with Crippen molar-refractivity contribution in [1.29, 1.82) is 0 Å². The van der Waals surface area contributed by atoms with Crippen LogP contribution in [0, 0.1) is 0 Å². The number of hydrogen-bond acceptors (Lipinski definition) is 0. The maximum Gasteiger partial charge on any atom is -0.000697 e. The van der Waals surface area contributed by atoms with Crippen LogP contribution in [-0.4, -0.2) is 0 Å². The van der Waals surface area contributed by atoms with Crippen molar-refractivity contribution in [2.24, 2.45) is 0 Å². The van der Waals surface area contributed by atoms with Gasteiger partial charge in [0.1, 0.15) is 0 Å². The monoisotopic (exact) mass is 704 g/mol. The van der Waals surface area contributed by atoms with Gasteiger partial charge in [0.25, 0.3) is 0 Å². The van der Waals surface area contributed by atoms with Gasteiger partial charge in [0.05, 0.1) is 0 Å². The highest BCUT2D eigenvalue weighted by Crippen LogP contribution is 2.55. The summed E-state index contributed by atoms with van der Waals surface area (Å²) in [6.07, 6.45) is 0. The Bertz CT molecular complexity index is 3720. The van der Waals surface area contributed by atoms with E-state index >= 15 is 0 Å². The van der Waals surface area contributed by atoms with Crippen LogP contribution in [0.5, 0.6) is 0 Å². The Morgan fingerprint density at radius 1 is 0.196 bits per heavy atom. The molecular weight excluding hydrogens is 673 g/mol. The topological polar surface area (TPSA) is 0 Å². The molecule has 0 aromatic heterocycles. The summed E-state index contributed by atoms with van der Waals surface area (Å²) in [5.74, 6) is 0. The van der Waals surface area contributed by atoms with Crippen LogP contribution >= 0.6 is 0 Å². The normalized spacial score (nSPS) is 12.3. The van der Waals surface area contributed by atoms with Gasteiger partial charge in [-0.15, -0.1) is 0 Å². The van der Waals surface area contributed by atoms with Crippen LogP contribution in [0.15, 0.2) is 194 Å². The largest absolute Gasteiger partial charge is 0.0622 e. The van der Waals surface area contributed by atoms with E-state index in [1.165, 1.54) is 130 Å². The fourth-order valence-corrected chi connectivity index (χ4v) is 10.4. The molecule has 0 saturated carbocycles. The van der Waals surface area contributed by atoms with Crippen LogP contribution < -0.4 is 0 Å². The minimum absolute atomic E-state index is 1.25. The first-order valence-electron chi connectivity index (χ1n) is 19.6. The van der Waals surface area contributed by atoms with Crippen molar-refractivity contribution in [2.45, 2.75) is 0 Å². The lowest BCUT2D eigenvalue weighted by molar-refractivity contribution is 1.68. The van der Waals surface area contributed by atoms with Crippen LogP contribution in [-0.2, 0) is 0 Å². The summed E-state index contributed by atoms with van der Waals surface area (Å²) < 4.78 is 0. The highest BCUT2D eigenvalue weighted by molar-refractivity contribution is 6.46. The van der Waals surface area contributed by atoms with Gasteiger partial charge in [0.2, 0.25) is 0 Å². The van der Waals surface area contributed by atoms with Gasteiger partial charge in [-0.05, 0) is 149 Å². The van der Waals surface area contributed by atoms with E-state index < -0.39 is 0 Å². The molecule has 0 N–H and O–H groups in total. The van der Waals surface area contributed by atoms with E-state index in [4.69, 9.17) is 0 Å². The van der Waals surface area contributed by atoms with Gasteiger partial charge in [-0.3, -0.25) is 0 Å². The average Bonchev–Trinajstić information content (AvgIpc) is 3.77. The third kappa shape index (κ3) is 3.93. The van der Waals surface area contributed by atoms with Crippen LogP contribution in [0.2, 0.25) is 0 Å². The summed E-state index contributed by atoms with van der Waals surface area (Å²) in [7, 11) is 0. The highest BCUT2D eigenvalue weighted by Gasteiger charge is 2.27. The van der Waals surface area contributed by atoms with Crippen molar-refractivity contribution >= 4 is 97.0 Å². The highest BCUT2D eigenvalue weighted by atomic mass is 14.3. The SMILES string of the molecule is c1ccc(-c2c3cc4c5ccccc5c5cccc(c3c(-c3ccccc3)c3c6cc7ccc(-c8cccc9ccccc89)cc7c7cccc(c23)c76)c54)cc1. The zero-order valence-electron chi connectivity index (χ0n) is 30.5.